The van der Waals surface area contributed by atoms with Crippen molar-refractivity contribution in [2.45, 2.75) is 19.0 Å². The van der Waals surface area contributed by atoms with E-state index in [0.717, 1.165) is 11.6 Å². The summed E-state index contributed by atoms with van der Waals surface area (Å²) in [6.07, 6.45) is -3.38. The van der Waals surface area contributed by atoms with E-state index in [1.807, 2.05) is 6.07 Å². The molecule has 0 fully saturated rings. The van der Waals surface area contributed by atoms with Crippen LogP contribution in [-0.4, -0.2) is 19.1 Å². The van der Waals surface area contributed by atoms with Crippen molar-refractivity contribution in [1.82, 2.24) is 0 Å². The van der Waals surface area contributed by atoms with Crippen LogP contribution in [0.1, 0.15) is 27.0 Å². The number of nitrogens with one attached hydrogen (secondary N) is 1. The molecule has 0 aromatic heterocycles. The number of benzene rings is 2. The van der Waals surface area contributed by atoms with E-state index in [1.165, 1.54) is 18.2 Å². The first kappa shape index (κ1) is 15.8. The van der Waals surface area contributed by atoms with Crippen LogP contribution < -0.4 is 14.8 Å². The van der Waals surface area contributed by atoms with Crippen LogP contribution in [0.3, 0.4) is 0 Å². The lowest BCUT2D eigenvalue weighted by atomic mass is 9.98. The van der Waals surface area contributed by atoms with Crippen molar-refractivity contribution in [2.75, 3.05) is 18.5 Å². The number of hydrogen-bond acceptors (Lipinski definition) is 3. The third-order valence-corrected chi connectivity index (χ3v) is 4.36. The third-order valence-electron chi connectivity index (χ3n) is 4.36. The summed E-state index contributed by atoms with van der Waals surface area (Å²) in [6.45, 7) is 0.884. The molecule has 2 aliphatic heterocycles. The molecule has 2 aliphatic rings. The van der Waals surface area contributed by atoms with Crippen molar-refractivity contribution >= 4 is 11.6 Å². The average Bonchev–Trinajstić information content (AvgIpc) is 3.20. The zero-order chi connectivity index (χ0) is 17.6. The second-order valence-electron chi connectivity index (χ2n) is 5.91. The van der Waals surface area contributed by atoms with Gasteiger partial charge in [-0.25, -0.2) is 0 Å². The summed E-state index contributed by atoms with van der Waals surface area (Å²) in [6, 6.07) is 6.76. The van der Waals surface area contributed by atoms with Gasteiger partial charge in [0.05, 0.1) is 30.0 Å². The maximum atomic E-state index is 13.1. The molecule has 0 bridgehead atoms. The highest BCUT2D eigenvalue weighted by molar-refractivity contribution is 6.08. The first-order chi connectivity index (χ1) is 11.9. The maximum absolute atomic E-state index is 13.1. The molecule has 0 radical (unpaired) electrons. The van der Waals surface area contributed by atoms with E-state index in [4.69, 9.17) is 9.47 Å². The Bertz CT molecular complexity index is 829. The monoisotopic (exact) mass is 349 g/mol. The number of hydrogen-bond donors (Lipinski definition) is 1. The van der Waals surface area contributed by atoms with Gasteiger partial charge in [-0.2, -0.15) is 13.2 Å². The first-order valence-corrected chi connectivity index (χ1v) is 7.87. The Labute approximate surface area is 141 Å². The van der Waals surface area contributed by atoms with Gasteiger partial charge in [0.15, 0.2) is 0 Å². The van der Waals surface area contributed by atoms with Gasteiger partial charge in [0.2, 0.25) is 0 Å². The van der Waals surface area contributed by atoms with E-state index in [9.17, 15) is 18.0 Å². The predicted octanol–water partition coefficient (Wildman–Crippen LogP) is 3.83. The summed E-state index contributed by atoms with van der Waals surface area (Å²) in [5.41, 5.74) is 0.644. The quantitative estimate of drug-likeness (QED) is 0.896. The SMILES string of the molecule is O=C(Nc1ccccc1C(F)(F)F)c1c2c(cc3c1OCC3)OCC2. The Morgan fingerprint density at radius 3 is 2.64 bits per heavy atom. The Kier molecular flexibility index (Phi) is 3.59. The normalized spacial score (nSPS) is 15.2. The molecule has 1 N–H and O–H groups in total. The molecule has 4 rings (SSSR count). The molecule has 0 saturated carbocycles. The smallest absolute Gasteiger partial charge is 0.418 e. The maximum Gasteiger partial charge on any atom is 0.418 e. The number of alkyl halides is 3. The molecule has 7 heteroatoms. The largest absolute Gasteiger partial charge is 0.493 e. The van der Waals surface area contributed by atoms with Crippen LogP contribution in [0.2, 0.25) is 0 Å². The fourth-order valence-electron chi connectivity index (χ4n) is 3.25. The summed E-state index contributed by atoms with van der Waals surface area (Å²) in [7, 11) is 0. The molecule has 0 atom stereocenters. The number of amides is 1. The highest BCUT2D eigenvalue weighted by Crippen LogP contribution is 2.41. The molecule has 2 aromatic carbocycles. The van der Waals surface area contributed by atoms with E-state index in [2.05, 4.69) is 5.32 Å². The van der Waals surface area contributed by atoms with Gasteiger partial charge >= 0.3 is 6.18 Å². The van der Waals surface area contributed by atoms with Crippen molar-refractivity contribution in [3.63, 3.8) is 0 Å². The van der Waals surface area contributed by atoms with Crippen molar-refractivity contribution < 1.29 is 27.4 Å². The lowest BCUT2D eigenvalue weighted by Gasteiger charge is -2.16. The minimum absolute atomic E-state index is 0.275. The van der Waals surface area contributed by atoms with Crippen molar-refractivity contribution in [3.05, 3.63) is 52.6 Å². The zero-order valence-corrected chi connectivity index (χ0v) is 13.1. The van der Waals surface area contributed by atoms with Crippen molar-refractivity contribution in [2.24, 2.45) is 0 Å². The van der Waals surface area contributed by atoms with Crippen LogP contribution in [0.4, 0.5) is 18.9 Å². The lowest BCUT2D eigenvalue weighted by molar-refractivity contribution is -0.136. The zero-order valence-electron chi connectivity index (χ0n) is 13.1. The van der Waals surface area contributed by atoms with Crippen LogP contribution >= 0.6 is 0 Å². The minimum atomic E-state index is -4.55. The second-order valence-corrected chi connectivity index (χ2v) is 5.91. The van der Waals surface area contributed by atoms with Gasteiger partial charge in [0, 0.05) is 24.0 Å². The fourth-order valence-corrected chi connectivity index (χ4v) is 3.25. The Hall–Kier alpha value is -2.70. The van der Waals surface area contributed by atoms with Crippen molar-refractivity contribution in [1.29, 1.82) is 0 Å². The van der Waals surface area contributed by atoms with Crippen LogP contribution in [0.5, 0.6) is 11.5 Å². The van der Waals surface area contributed by atoms with Crippen LogP contribution in [-0.2, 0) is 19.0 Å². The molecule has 130 valence electrons. The minimum Gasteiger partial charge on any atom is -0.493 e. The summed E-state index contributed by atoms with van der Waals surface area (Å²) >= 11 is 0. The molecular weight excluding hydrogens is 335 g/mol. The van der Waals surface area contributed by atoms with Crippen LogP contribution in [0, 0.1) is 0 Å². The van der Waals surface area contributed by atoms with E-state index >= 15 is 0 Å². The summed E-state index contributed by atoms with van der Waals surface area (Å²) in [5, 5.41) is 2.40. The van der Waals surface area contributed by atoms with Gasteiger partial charge in [0.25, 0.3) is 5.91 Å². The van der Waals surface area contributed by atoms with Gasteiger partial charge in [-0.1, -0.05) is 12.1 Å². The fraction of sp³-hybridized carbons (Fsp3) is 0.278. The molecule has 4 nitrogen and oxygen atoms in total. The molecule has 0 aliphatic carbocycles. The lowest BCUT2D eigenvalue weighted by Crippen LogP contribution is -2.18. The van der Waals surface area contributed by atoms with E-state index in [0.29, 0.717) is 43.1 Å². The number of ether oxygens (including phenoxy) is 2. The predicted molar refractivity (Wildman–Crippen MR) is 84.2 cm³/mol. The standard InChI is InChI=1S/C18H14F3NO3/c19-18(20,21)12-3-1-2-4-13(12)22-17(23)15-11-6-8-24-14(11)9-10-5-7-25-16(10)15/h1-4,9H,5-8H2,(H,22,23). The van der Waals surface area contributed by atoms with Gasteiger partial charge in [0.1, 0.15) is 11.5 Å². The van der Waals surface area contributed by atoms with Gasteiger partial charge in [-0.05, 0) is 18.2 Å². The molecule has 2 aromatic rings. The molecule has 2 heterocycles. The summed E-state index contributed by atoms with van der Waals surface area (Å²) in [4.78, 5) is 12.8. The number of para-hydroxylation sites is 1. The van der Waals surface area contributed by atoms with E-state index in [1.54, 1.807) is 0 Å². The highest BCUT2D eigenvalue weighted by atomic mass is 19.4. The molecule has 25 heavy (non-hydrogen) atoms. The van der Waals surface area contributed by atoms with Crippen LogP contribution in [0.15, 0.2) is 30.3 Å². The van der Waals surface area contributed by atoms with E-state index < -0.39 is 17.6 Å². The Balaban J connectivity index is 1.75. The molecule has 0 unspecified atom stereocenters. The topological polar surface area (TPSA) is 47.6 Å². The second kappa shape index (κ2) is 5.68. The van der Waals surface area contributed by atoms with Gasteiger partial charge in [-0.15, -0.1) is 0 Å². The number of anilines is 1. The Morgan fingerprint density at radius 2 is 1.84 bits per heavy atom. The molecule has 0 saturated heterocycles. The number of rotatable bonds is 2. The summed E-state index contributed by atoms with van der Waals surface area (Å²) in [5.74, 6) is 0.446. The first-order valence-electron chi connectivity index (χ1n) is 7.87. The number of carbonyl (C=O) groups excluding carboxylic acids is 1. The number of carbonyl (C=O) groups is 1. The van der Waals surface area contributed by atoms with Gasteiger partial charge in [-0.3, -0.25) is 4.79 Å². The van der Waals surface area contributed by atoms with Gasteiger partial charge < -0.3 is 14.8 Å². The molecule has 1 amide bonds. The molecular formula is C18H14F3NO3. The number of fused-ring (bicyclic) bond motifs is 2. The third kappa shape index (κ3) is 2.69. The highest BCUT2D eigenvalue weighted by Gasteiger charge is 2.35. The van der Waals surface area contributed by atoms with Crippen molar-refractivity contribution in [3.8, 4) is 11.5 Å². The average molecular weight is 349 g/mol. The number of halogens is 3. The van der Waals surface area contributed by atoms with E-state index in [-0.39, 0.29) is 11.3 Å². The Morgan fingerprint density at radius 1 is 1.08 bits per heavy atom. The summed E-state index contributed by atoms with van der Waals surface area (Å²) < 4.78 is 50.5. The van der Waals surface area contributed by atoms with Crippen LogP contribution in [0.25, 0.3) is 0 Å². The molecule has 0 spiro atoms.